The Balaban J connectivity index is 0. The summed E-state index contributed by atoms with van der Waals surface area (Å²) in [6.45, 7) is 0. The molecule has 4 heteroatoms. The fourth-order valence-electron chi connectivity index (χ4n) is 0. The second kappa shape index (κ2) is 17.9. The van der Waals surface area contributed by atoms with Gasteiger partial charge in [0.2, 0.25) is 0 Å². The van der Waals surface area contributed by atoms with Crippen LogP contribution in [0, 0.1) is 0 Å². The molecule has 0 unspecified atom stereocenters. The maximum Gasteiger partial charge on any atom is 2.00 e. The van der Waals surface area contributed by atoms with Gasteiger partial charge in [-0.3, -0.25) is 0 Å². The minimum absolute atomic E-state index is 0. The predicted octanol–water partition coefficient (Wildman–Crippen LogP) is -0.505. The maximum absolute atomic E-state index is 0. The Bertz CT molecular complexity index is 8.00. The topological polar surface area (TPSA) is 28.5 Å². The average Bonchev–Trinajstić information content (AvgIpc) is 0. The Kier molecular flexibility index (Phi) is 142. The normalized spacial score (nSPS) is 0. The van der Waals surface area contributed by atoms with Crippen LogP contribution >= 0.6 is 0 Å². The van der Waals surface area contributed by atoms with E-state index in [0.29, 0.717) is 0 Å². The molecule has 0 N–H and O–H groups in total. The summed E-state index contributed by atoms with van der Waals surface area (Å²) in [5.74, 6) is 0. The van der Waals surface area contributed by atoms with Crippen molar-refractivity contribution in [2.45, 2.75) is 0 Å². The molecule has 0 heterocycles. The molecule has 0 aliphatic heterocycles. The average molecular weight is 377 g/mol. The van der Waals surface area contributed by atoms with Gasteiger partial charge in [0.25, 0.3) is 0 Å². The van der Waals surface area contributed by atoms with Crippen LogP contribution in [0.25, 0.3) is 0 Å². The summed E-state index contributed by atoms with van der Waals surface area (Å²) in [6.07, 6.45) is 0. The smallest absolute Gasteiger partial charge is 2.00 e. The van der Waals surface area contributed by atoms with Crippen LogP contribution in [0.2, 0.25) is 0 Å². The fourth-order valence-corrected chi connectivity index (χ4v) is 0. The number of rotatable bonds is 0. The van der Waals surface area contributed by atoms with E-state index >= 15 is 0 Å². The molecule has 5 radical (unpaired) electrons. The van der Waals surface area contributed by atoms with Crippen LogP contribution in [-0.2, 0) is 55.3 Å². The van der Waals surface area contributed by atoms with Crippen LogP contribution in [-0.4, -0.2) is 26.2 Å². The van der Waals surface area contributed by atoms with E-state index in [1.54, 1.807) is 0 Å². The Morgan fingerprint density at radius 1 is 1.00 bits per heavy atom. The first-order valence-electron chi connectivity index (χ1n) is 0. The van der Waals surface area contributed by atoms with Crippen LogP contribution in [0.5, 0.6) is 0 Å². The third-order valence-corrected chi connectivity index (χ3v) is 0. The molecule has 0 aromatic rings. The number of hydrogen-bond donors (Lipinski definition) is 0. The first-order valence-corrected chi connectivity index (χ1v) is 0. The molecule has 0 saturated heterocycles. The van der Waals surface area contributed by atoms with Gasteiger partial charge in [0.15, 0.2) is 0 Å². The Labute approximate surface area is 80.1 Å². The maximum atomic E-state index is 0. The van der Waals surface area contributed by atoms with Gasteiger partial charge in [0.1, 0.15) is 0 Å². The monoisotopic (exact) mass is 377 g/mol. The van der Waals surface area contributed by atoms with Gasteiger partial charge in [-0.15, -0.1) is 0 Å². The quantitative estimate of drug-likeness (QED) is 0.509. The molecule has 0 aliphatic rings. The summed E-state index contributed by atoms with van der Waals surface area (Å²) in [6, 6.07) is 0. The van der Waals surface area contributed by atoms with E-state index in [-0.39, 0.29) is 81.5 Å². The Morgan fingerprint density at radius 3 is 1.00 bits per heavy atom. The van der Waals surface area contributed by atoms with Crippen LogP contribution in [0.4, 0.5) is 0 Å². The molecule has 0 bridgehead atoms. The molecular weight excluding hydrogens is 377 g/mol. The first-order chi connectivity index (χ1) is 0. The van der Waals surface area contributed by atoms with E-state index in [2.05, 4.69) is 0 Å². The molecule has 0 fully saturated rings. The second-order valence-corrected chi connectivity index (χ2v) is 0. The van der Waals surface area contributed by atoms with E-state index in [4.69, 9.17) is 0 Å². The summed E-state index contributed by atoms with van der Waals surface area (Å²) in [5.41, 5.74) is 0. The van der Waals surface area contributed by atoms with E-state index in [9.17, 15) is 0 Å². The van der Waals surface area contributed by atoms with Crippen molar-refractivity contribution in [3.63, 3.8) is 0 Å². The van der Waals surface area contributed by atoms with E-state index in [1.165, 1.54) is 0 Å². The van der Waals surface area contributed by atoms with Gasteiger partial charge in [0, 0.05) is 58.9 Å². The molecule has 0 atom stereocenters. The number of hydrogen-bond acceptors (Lipinski definition) is 0. The van der Waals surface area contributed by atoms with Crippen LogP contribution < -0.4 is 0 Å². The van der Waals surface area contributed by atoms with Crippen LogP contribution in [0.1, 0.15) is 0 Å². The summed E-state index contributed by atoms with van der Waals surface area (Å²) in [7, 11) is 0. The molecule has 0 saturated carbocycles. The van der Waals surface area contributed by atoms with Crippen molar-refractivity contribution in [1.29, 1.82) is 0 Å². The van der Waals surface area contributed by atoms with Crippen LogP contribution in [0.3, 0.4) is 0 Å². The van der Waals surface area contributed by atoms with Crippen molar-refractivity contribution in [2.75, 3.05) is 0 Å². The van der Waals surface area contributed by atoms with Crippen molar-refractivity contribution in [3.8, 4) is 0 Å². The van der Waals surface area contributed by atoms with E-state index < -0.39 is 0 Å². The largest absolute Gasteiger partial charge is 2.00 e. The van der Waals surface area contributed by atoms with Crippen molar-refractivity contribution in [3.05, 3.63) is 0 Å². The molecule has 25 valence electrons. The van der Waals surface area contributed by atoms with Crippen molar-refractivity contribution >= 4 is 26.2 Å². The van der Waals surface area contributed by atoms with E-state index in [1.807, 2.05) is 0 Å². The molecule has 0 aliphatic carbocycles. The standard InChI is InChI=1S/Bi.Cu.O.Y/q;+2;-2;. The Morgan fingerprint density at radius 2 is 1.00 bits per heavy atom. The van der Waals surface area contributed by atoms with Crippen molar-refractivity contribution in [1.82, 2.24) is 0 Å². The zero-order chi connectivity index (χ0) is 0. The molecule has 0 amide bonds. The molecule has 0 rings (SSSR count). The van der Waals surface area contributed by atoms with Gasteiger partial charge in [-0.2, -0.15) is 0 Å². The van der Waals surface area contributed by atoms with Gasteiger partial charge < -0.3 is 5.48 Å². The summed E-state index contributed by atoms with van der Waals surface area (Å²) < 4.78 is 0. The summed E-state index contributed by atoms with van der Waals surface area (Å²) in [5, 5.41) is 0. The van der Waals surface area contributed by atoms with Gasteiger partial charge in [-0.1, -0.05) is 0 Å². The summed E-state index contributed by atoms with van der Waals surface area (Å²) >= 11 is 0. The first kappa shape index (κ1) is 31.8. The minimum Gasteiger partial charge on any atom is -2.00 e. The third-order valence-electron chi connectivity index (χ3n) is 0. The summed E-state index contributed by atoms with van der Waals surface area (Å²) in [4.78, 5) is 0. The molecule has 0 spiro atoms. The minimum atomic E-state index is 0. The molecular formula is BiCuOY. The van der Waals surface area contributed by atoms with E-state index in [0.717, 1.165) is 0 Å². The SMILES string of the molecule is [Bi].[Cu+2].[O-2].[Y]. The van der Waals surface area contributed by atoms with Gasteiger partial charge in [-0.25, -0.2) is 0 Å². The molecule has 0 aromatic carbocycles. The molecule has 1 nitrogen and oxygen atoms in total. The molecule has 4 heavy (non-hydrogen) atoms. The van der Waals surface area contributed by atoms with Gasteiger partial charge >= 0.3 is 17.1 Å². The zero-order valence-corrected chi connectivity index (χ0v) is 8.99. The molecule has 0 aromatic heterocycles. The van der Waals surface area contributed by atoms with Crippen molar-refractivity contribution < 1.29 is 55.3 Å². The zero-order valence-electron chi connectivity index (χ0n) is 1.73. The third kappa shape index (κ3) is 8.82. The van der Waals surface area contributed by atoms with Crippen LogP contribution in [0.15, 0.2) is 0 Å². The fraction of sp³-hybridized carbons (Fsp3) is 0. The van der Waals surface area contributed by atoms with Gasteiger partial charge in [0.05, 0.1) is 0 Å². The van der Waals surface area contributed by atoms with Crippen molar-refractivity contribution in [2.24, 2.45) is 0 Å². The van der Waals surface area contributed by atoms with Gasteiger partial charge in [-0.05, 0) is 0 Å². The predicted molar refractivity (Wildman–Crippen MR) is 6.44 cm³/mol. The second-order valence-electron chi connectivity index (χ2n) is 0. The Hall–Kier alpha value is 2.47.